The molecule has 0 saturated heterocycles. The van der Waals surface area contributed by atoms with Crippen LogP contribution in [0.5, 0.6) is 5.75 Å². The third-order valence-electron chi connectivity index (χ3n) is 4.35. The van der Waals surface area contributed by atoms with Crippen molar-refractivity contribution in [2.45, 2.75) is 44.1 Å². The second kappa shape index (κ2) is 10.9. The van der Waals surface area contributed by atoms with E-state index in [-0.39, 0.29) is 56.0 Å². The number of hydrogen-bond donors (Lipinski definition) is 1. The van der Waals surface area contributed by atoms with Crippen molar-refractivity contribution in [1.29, 1.82) is 0 Å². The molecule has 1 aliphatic rings. The summed E-state index contributed by atoms with van der Waals surface area (Å²) in [5.41, 5.74) is 1.17. The van der Waals surface area contributed by atoms with E-state index in [2.05, 4.69) is 19.1 Å². The van der Waals surface area contributed by atoms with Crippen molar-refractivity contribution >= 4 is 11.6 Å². The fourth-order valence-electron chi connectivity index (χ4n) is 3.08. The smallest absolute Gasteiger partial charge is 0.119 e. The van der Waals surface area contributed by atoms with Gasteiger partial charge in [0, 0.05) is 44.0 Å². The molecule has 1 radical (unpaired) electrons. The van der Waals surface area contributed by atoms with E-state index in [1.54, 1.807) is 0 Å². The van der Waals surface area contributed by atoms with Crippen LogP contribution < -0.4 is 4.74 Å². The number of aliphatic hydroxyl groups is 1. The van der Waals surface area contributed by atoms with Crippen LogP contribution in [0.3, 0.4) is 0 Å². The maximum absolute atomic E-state index is 10.3. The van der Waals surface area contributed by atoms with Crippen LogP contribution in [0, 0.1) is 25.7 Å². The number of aryl methyl sites for hydroxylation is 1. The Balaban J connectivity index is 0.00000264. The first kappa shape index (κ1) is 21.2. The maximum atomic E-state index is 10.3. The van der Waals surface area contributed by atoms with Crippen LogP contribution >= 0.6 is 11.6 Å². The van der Waals surface area contributed by atoms with Crippen LogP contribution in [-0.2, 0) is 32.7 Å². The molecule has 1 N–H and O–H groups in total. The molecule has 1 aliphatic carbocycles. The molecule has 0 amide bonds. The van der Waals surface area contributed by atoms with Crippen LogP contribution in [0.4, 0.5) is 0 Å². The minimum absolute atomic E-state index is 0. The number of hydrogen-bond acceptors (Lipinski definition) is 2. The summed E-state index contributed by atoms with van der Waals surface area (Å²) in [5, 5.41) is 10.3. The van der Waals surface area contributed by atoms with Gasteiger partial charge in [-0.2, -0.15) is 6.42 Å². The first-order valence-corrected chi connectivity index (χ1v) is 8.51. The number of ether oxygens (including phenoxy) is 1. The average molecular weight is 411 g/mol. The predicted octanol–water partition coefficient (Wildman–Crippen LogP) is 4.54. The zero-order valence-electron chi connectivity index (χ0n) is 13.8. The first-order valence-electron chi connectivity index (χ1n) is 8.07. The predicted molar refractivity (Wildman–Crippen MR) is 92.3 cm³/mol. The number of alkyl halides is 1. The molecule has 1 fully saturated rings. The summed E-state index contributed by atoms with van der Waals surface area (Å²) in [6.07, 6.45) is 7.40. The summed E-state index contributed by atoms with van der Waals surface area (Å²) in [4.78, 5) is 0. The average Bonchev–Trinajstić information content (AvgIpc) is 2.75. The number of halogens is 1. The molecule has 2 nitrogen and oxygen atoms in total. The van der Waals surface area contributed by atoms with Crippen molar-refractivity contribution in [3.63, 3.8) is 0 Å². The fraction of sp³-hybridized carbons (Fsp3) is 0.526. The Morgan fingerprint density at radius 3 is 2.83 bits per heavy atom. The number of rotatable bonds is 7. The molecular weight excluding hydrogens is 385 g/mol. The van der Waals surface area contributed by atoms with Crippen molar-refractivity contribution in [2.24, 2.45) is 11.8 Å². The molecule has 125 valence electrons. The Bertz CT molecular complexity index is 492. The second-order valence-electron chi connectivity index (χ2n) is 6.12. The molecule has 0 aliphatic heterocycles. The standard InChI is InChI=1S/C19H26ClO2.Y/c1-3-4-5-6-10-16-17(19(21)12-18(16)20)13-22-15-9-7-8-14(2)11-15;/h5-9,11,16-19,21H,1,3-4,10,12-13H2,2H3;/q-1;/b6-5-;/t16-,17-,18-,19-;/m1./s1. The zero-order valence-corrected chi connectivity index (χ0v) is 17.4. The van der Waals surface area contributed by atoms with Gasteiger partial charge in [0.25, 0.3) is 0 Å². The molecule has 4 atom stereocenters. The Kier molecular flexibility index (Phi) is 10.00. The molecule has 23 heavy (non-hydrogen) atoms. The number of aliphatic hydroxyl groups excluding tert-OH is 1. The van der Waals surface area contributed by atoms with Crippen LogP contribution in [0.15, 0.2) is 36.4 Å². The minimum Gasteiger partial charge on any atom is -0.493 e. The van der Waals surface area contributed by atoms with Gasteiger partial charge in [-0.3, -0.25) is 0 Å². The van der Waals surface area contributed by atoms with E-state index in [0.717, 1.165) is 25.0 Å². The van der Waals surface area contributed by atoms with E-state index >= 15 is 0 Å². The van der Waals surface area contributed by atoms with Gasteiger partial charge >= 0.3 is 0 Å². The molecule has 0 spiro atoms. The van der Waals surface area contributed by atoms with Gasteiger partial charge in [-0.15, -0.1) is 11.6 Å². The molecule has 1 saturated carbocycles. The summed E-state index contributed by atoms with van der Waals surface area (Å²) in [7, 11) is 0. The van der Waals surface area contributed by atoms with E-state index in [9.17, 15) is 5.11 Å². The van der Waals surface area contributed by atoms with Gasteiger partial charge in [-0.1, -0.05) is 30.7 Å². The van der Waals surface area contributed by atoms with Crippen molar-refractivity contribution in [2.75, 3.05) is 6.61 Å². The van der Waals surface area contributed by atoms with E-state index in [0.29, 0.717) is 13.0 Å². The summed E-state index contributed by atoms with van der Waals surface area (Å²) >= 11 is 6.43. The molecule has 1 aromatic carbocycles. The number of allylic oxidation sites excluding steroid dienone is 2. The molecule has 0 aromatic heterocycles. The monoisotopic (exact) mass is 410 g/mol. The summed E-state index contributed by atoms with van der Waals surface area (Å²) < 4.78 is 5.89. The molecular formula is C19H26ClO2Y-. The Morgan fingerprint density at radius 1 is 1.35 bits per heavy atom. The molecule has 0 heterocycles. The third kappa shape index (κ3) is 6.50. The number of benzene rings is 1. The fourth-order valence-corrected chi connectivity index (χ4v) is 3.55. The Hall–Kier alpha value is 0.114. The largest absolute Gasteiger partial charge is 0.493 e. The summed E-state index contributed by atoms with van der Waals surface area (Å²) in [6.45, 7) is 6.39. The Labute approximate surface area is 170 Å². The maximum Gasteiger partial charge on any atom is 0.119 e. The van der Waals surface area contributed by atoms with Crippen LogP contribution in [0.25, 0.3) is 0 Å². The van der Waals surface area contributed by atoms with Crippen LogP contribution in [-0.4, -0.2) is 23.2 Å². The van der Waals surface area contributed by atoms with Crippen molar-refractivity contribution in [3.05, 3.63) is 48.9 Å². The molecule has 2 rings (SSSR count). The Morgan fingerprint density at radius 2 is 2.13 bits per heavy atom. The zero-order chi connectivity index (χ0) is 15.9. The SMILES string of the molecule is [CH2-]CC/C=C\C[C@@H]1[C@@H](COc2cccc(C)c2)[C@H](O)C[C@H]1Cl.[Y]. The van der Waals surface area contributed by atoms with Gasteiger partial charge in [-0.25, -0.2) is 0 Å². The summed E-state index contributed by atoms with van der Waals surface area (Å²) in [6, 6.07) is 8.00. The molecule has 0 bridgehead atoms. The van der Waals surface area contributed by atoms with Gasteiger partial charge in [0.1, 0.15) is 5.75 Å². The van der Waals surface area contributed by atoms with Crippen LogP contribution in [0.1, 0.15) is 31.2 Å². The third-order valence-corrected chi connectivity index (χ3v) is 4.85. The van der Waals surface area contributed by atoms with Gasteiger partial charge < -0.3 is 16.8 Å². The summed E-state index contributed by atoms with van der Waals surface area (Å²) in [5.74, 6) is 1.21. The van der Waals surface area contributed by atoms with Gasteiger partial charge in [0.05, 0.1) is 12.7 Å². The van der Waals surface area contributed by atoms with Crippen molar-refractivity contribution in [1.82, 2.24) is 0 Å². The quantitative estimate of drug-likeness (QED) is 0.406. The van der Waals surface area contributed by atoms with Crippen LogP contribution in [0.2, 0.25) is 0 Å². The van der Waals surface area contributed by atoms with Crippen molar-refractivity contribution < 1.29 is 42.6 Å². The molecule has 1 aromatic rings. The van der Waals surface area contributed by atoms with Gasteiger partial charge in [0.2, 0.25) is 0 Å². The van der Waals surface area contributed by atoms with E-state index in [1.807, 2.05) is 31.2 Å². The van der Waals surface area contributed by atoms with E-state index in [1.165, 1.54) is 5.56 Å². The normalized spacial score (nSPS) is 27.1. The molecule has 0 unspecified atom stereocenters. The van der Waals surface area contributed by atoms with Gasteiger partial charge in [-0.05, 0) is 43.4 Å². The topological polar surface area (TPSA) is 29.5 Å². The van der Waals surface area contributed by atoms with E-state index in [4.69, 9.17) is 16.3 Å². The molecule has 4 heteroatoms. The minimum atomic E-state index is -0.376. The first-order chi connectivity index (χ1) is 10.6. The second-order valence-corrected chi connectivity index (χ2v) is 6.68. The van der Waals surface area contributed by atoms with E-state index < -0.39 is 0 Å². The number of unbranched alkanes of at least 4 members (excludes halogenated alkanes) is 1. The van der Waals surface area contributed by atoms with Gasteiger partial charge in [0.15, 0.2) is 0 Å². The van der Waals surface area contributed by atoms with Crippen molar-refractivity contribution in [3.8, 4) is 5.75 Å².